The lowest BCUT2D eigenvalue weighted by molar-refractivity contribution is -0.274. The number of aromatic nitrogens is 2. The Morgan fingerprint density at radius 3 is 2.39 bits per heavy atom. The van der Waals surface area contributed by atoms with Crippen LogP contribution in [0, 0.1) is 11.8 Å². The van der Waals surface area contributed by atoms with Crippen molar-refractivity contribution in [2.75, 3.05) is 37.4 Å². The van der Waals surface area contributed by atoms with Gasteiger partial charge in [-0.15, -0.1) is 13.2 Å². The van der Waals surface area contributed by atoms with Crippen molar-refractivity contribution in [2.45, 2.75) is 38.6 Å². The molecule has 194 valence electrons. The fourth-order valence-corrected chi connectivity index (χ4v) is 5.00. The highest BCUT2D eigenvalue weighted by Gasteiger charge is 2.32. The van der Waals surface area contributed by atoms with Crippen LogP contribution in [0.1, 0.15) is 31.2 Å². The number of fused-ring (bicyclic) bond motifs is 1. The van der Waals surface area contributed by atoms with Crippen LogP contribution in [0.15, 0.2) is 46.9 Å². The van der Waals surface area contributed by atoms with Crippen LogP contribution in [0.2, 0.25) is 0 Å². The van der Waals surface area contributed by atoms with Gasteiger partial charge in [0.15, 0.2) is 0 Å². The molecule has 0 atom stereocenters. The number of para-hydroxylation sites is 1. The summed E-state index contributed by atoms with van der Waals surface area (Å²) in [6.45, 7) is 1.91. The average molecular weight is 566 g/mol. The van der Waals surface area contributed by atoms with Crippen LogP contribution in [-0.4, -0.2) is 43.5 Å². The van der Waals surface area contributed by atoms with E-state index in [0.717, 1.165) is 55.5 Å². The van der Waals surface area contributed by atoms with Gasteiger partial charge in [0.25, 0.3) is 0 Å². The lowest BCUT2D eigenvalue weighted by Crippen LogP contribution is -2.29. The maximum atomic E-state index is 12.7. The first-order valence-electron chi connectivity index (χ1n) is 12.1. The molecule has 1 aromatic heterocycles. The number of benzene rings is 2. The summed E-state index contributed by atoms with van der Waals surface area (Å²) >= 11 is 3.21. The molecule has 0 saturated heterocycles. The van der Waals surface area contributed by atoms with E-state index >= 15 is 0 Å². The minimum Gasteiger partial charge on any atom is -0.405 e. The molecule has 1 aliphatic rings. The second-order valence-electron chi connectivity index (χ2n) is 9.48. The molecule has 0 aliphatic heterocycles. The number of hydrogen-bond donors (Lipinski definition) is 2. The van der Waals surface area contributed by atoms with Gasteiger partial charge in [0.2, 0.25) is 5.95 Å². The first-order chi connectivity index (χ1) is 17.2. The van der Waals surface area contributed by atoms with Gasteiger partial charge in [-0.2, -0.15) is 4.98 Å². The predicted molar refractivity (Wildman–Crippen MR) is 140 cm³/mol. The number of hydrogen-bond acceptors (Lipinski definition) is 6. The quantitative estimate of drug-likeness (QED) is 0.314. The smallest absolute Gasteiger partial charge is 0.405 e. The van der Waals surface area contributed by atoms with Crippen LogP contribution in [0.3, 0.4) is 0 Å². The second kappa shape index (κ2) is 11.6. The molecule has 0 radical (unpaired) electrons. The number of ether oxygens (including phenoxy) is 1. The maximum Gasteiger partial charge on any atom is 0.573 e. The fourth-order valence-electron chi connectivity index (χ4n) is 4.66. The Bertz CT molecular complexity index is 1170. The molecule has 10 heteroatoms. The molecule has 1 heterocycles. The lowest BCUT2D eigenvalue weighted by atomic mass is 9.82. The van der Waals surface area contributed by atoms with Gasteiger partial charge in [-0.05, 0) is 68.3 Å². The van der Waals surface area contributed by atoms with E-state index in [1.807, 2.05) is 43.3 Å². The summed E-state index contributed by atoms with van der Waals surface area (Å²) in [6.07, 6.45) is -0.378. The standard InChI is InChI=1S/C26H31BrF3N5O/c1-35(2)24-21-5-3-4-6-22(21)33-25(34-24)32-15-18-9-7-17(8-10-18)14-31-16-19-11-12-20(27)13-23(19)36-26(28,29)30/h3-6,11-13,17-18,31H,7-10,14-16H2,1-2H3,(H,32,33,34)/t17-,18-. The van der Waals surface area contributed by atoms with Crippen molar-refractivity contribution in [3.8, 4) is 5.75 Å². The highest BCUT2D eigenvalue weighted by atomic mass is 79.9. The van der Waals surface area contributed by atoms with Gasteiger partial charge in [-0.1, -0.05) is 34.1 Å². The van der Waals surface area contributed by atoms with Crippen molar-refractivity contribution in [2.24, 2.45) is 11.8 Å². The van der Waals surface area contributed by atoms with Gasteiger partial charge >= 0.3 is 6.36 Å². The molecule has 1 aliphatic carbocycles. The van der Waals surface area contributed by atoms with E-state index in [0.29, 0.717) is 34.4 Å². The average Bonchev–Trinajstić information content (AvgIpc) is 2.83. The minimum atomic E-state index is -4.71. The van der Waals surface area contributed by atoms with Gasteiger partial charge in [0.1, 0.15) is 11.6 Å². The van der Waals surface area contributed by atoms with Crippen molar-refractivity contribution in [1.82, 2.24) is 15.3 Å². The summed E-state index contributed by atoms with van der Waals surface area (Å²) in [5.41, 5.74) is 1.41. The zero-order chi connectivity index (χ0) is 25.7. The van der Waals surface area contributed by atoms with Crippen molar-refractivity contribution < 1.29 is 17.9 Å². The van der Waals surface area contributed by atoms with Crippen LogP contribution in [-0.2, 0) is 6.54 Å². The van der Waals surface area contributed by atoms with Gasteiger partial charge in [0, 0.05) is 42.6 Å². The normalized spacial score (nSPS) is 18.3. The number of nitrogens with zero attached hydrogens (tertiary/aromatic N) is 3. The van der Waals surface area contributed by atoms with E-state index in [1.54, 1.807) is 12.1 Å². The maximum absolute atomic E-state index is 12.7. The van der Waals surface area contributed by atoms with Crippen LogP contribution in [0.4, 0.5) is 24.9 Å². The molecule has 0 bridgehead atoms. The molecule has 0 spiro atoms. The minimum absolute atomic E-state index is 0.174. The zero-order valence-electron chi connectivity index (χ0n) is 20.4. The Balaban J connectivity index is 1.24. The van der Waals surface area contributed by atoms with Gasteiger partial charge in [-0.3, -0.25) is 0 Å². The molecular formula is C26H31BrF3N5O. The van der Waals surface area contributed by atoms with Crippen LogP contribution < -0.4 is 20.3 Å². The third-order valence-electron chi connectivity index (χ3n) is 6.53. The van der Waals surface area contributed by atoms with E-state index in [1.165, 1.54) is 6.07 Å². The number of alkyl halides is 3. The van der Waals surface area contributed by atoms with Gasteiger partial charge < -0.3 is 20.3 Å². The van der Waals surface area contributed by atoms with E-state index in [-0.39, 0.29) is 5.75 Å². The Kier molecular flexibility index (Phi) is 8.56. The van der Waals surface area contributed by atoms with Crippen LogP contribution in [0.25, 0.3) is 10.9 Å². The summed E-state index contributed by atoms with van der Waals surface area (Å²) in [4.78, 5) is 11.4. The van der Waals surface area contributed by atoms with E-state index < -0.39 is 6.36 Å². The number of halogens is 4. The third kappa shape index (κ3) is 7.22. The Morgan fingerprint density at radius 2 is 1.69 bits per heavy atom. The summed E-state index contributed by atoms with van der Waals surface area (Å²) in [7, 11) is 3.96. The predicted octanol–water partition coefficient (Wildman–Crippen LogP) is 6.37. The Labute approximate surface area is 217 Å². The van der Waals surface area contributed by atoms with Crippen molar-refractivity contribution >= 4 is 38.6 Å². The number of nitrogens with one attached hydrogen (secondary N) is 2. The highest BCUT2D eigenvalue weighted by molar-refractivity contribution is 9.10. The molecule has 0 unspecified atom stereocenters. The van der Waals surface area contributed by atoms with Gasteiger partial charge in [0.05, 0.1) is 5.52 Å². The topological polar surface area (TPSA) is 62.3 Å². The molecule has 0 amide bonds. The second-order valence-corrected chi connectivity index (χ2v) is 10.4. The summed E-state index contributed by atoms with van der Waals surface area (Å²) in [5, 5.41) is 7.79. The molecule has 3 aromatic rings. The SMILES string of the molecule is CN(C)c1nc(NC[C@H]2CC[C@H](CNCc3ccc(Br)cc3OC(F)(F)F)CC2)nc2ccccc12. The third-order valence-corrected chi connectivity index (χ3v) is 7.02. The lowest BCUT2D eigenvalue weighted by Gasteiger charge is -2.29. The molecule has 2 N–H and O–H groups in total. The zero-order valence-corrected chi connectivity index (χ0v) is 22.0. The first kappa shape index (κ1) is 26.5. The fraction of sp³-hybridized carbons (Fsp3) is 0.462. The van der Waals surface area contributed by atoms with Gasteiger partial charge in [-0.25, -0.2) is 4.98 Å². The summed E-state index contributed by atoms with van der Waals surface area (Å²) < 4.78 is 42.9. The van der Waals surface area contributed by atoms with E-state index in [9.17, 15) is 13.2 Å². The molecule has 4 rings (SSSR count). The molecule has 1 saturated carbocycles. The first-order valence-corrected chi connectivity index (χ1v) is 12.9. The number of anilines is 2. The molecular weight excluding hydrogens is 535 g/mol. The molecule has 1 fully saturated rings. The molecule has 6 nitrogen and oxygen atoms in total. The van der Waals surface area contributed by atoms with Crippen molar-refractivity contribution in [3.05, 3.63) is 52.5 Å². The Hall–Kier alpha value is -2.59. The van der Waals surface area contributed by atoms with E-state index in [2.05, 4.69) is 36.3 Å². The Morgan fingerprint density at radius 1 is 1.00 bits per heavy atom. The van der Waals surface area contributed by atoms with Crippen molar-refractivity contribution in [3.63, 3.8) is 0 Å². The van der Waals surface area contributed by atoms with E-state index in [4.69, 9.17) is 4.98 Å². The van der Waals surface area contributed by atoms with Crippen LogP contribution >= 0.6 is 15.9 Å². The summed E-state index contributed by atoms with van der Waals surface area (Å²) in [6, 6.07) is 12.7. The molecule has 2 aromatic carbocycles. The number of rotatable bonds is 9. The molecule has 36 heavy (non-hydrogen) atoms. The highest BCUT2D eigenvalue weighted by Crippen LogP contribution is 2.31. The van der Waals surface area contributed by atoms with Crippen molar-refractivity contribution in [1.29, 1.82) is 0 Å². The van der Waals surface area contributed by atoms with Crippen LogP contribution in [0.5, 0.6) is 5.75 Å². The largest absolute Gasteiger partial charge is 0.573 e. The summed E-state index contributed by atoms with van der Waals surface area (Å²) in [5.74, 6) is 2.41. The monoisotopic (exact) mass is 565 g/mol.